The van der Waals surface area contributed by atoms with Gasteiger partial charge in [0.2, 0.25) is 0 Å². The highest BCUT2D eigenvalue weighted by atomic mass is 16.6. The molecule has 0 radical (unpaired) electrons. The van der Waals surface area contributed by atoms with Crippen molar-refractivity contribution in [1.29, 1.82) is 0 Å². The predicted molar refractivity (Wildman–Crippen MR) is 74.4 cm³/mol. The van der Waals surface area contributed by atoms with Crippen LogP contribution >= 0.6 is 0 Å². The van der Waals surface area contributed by atoms with Crippen LogP contribution < -0.4 is 10.1 Å². The van der Waals surface area contributed by atoms with E-state index in [1.807, 2.05) is 52.0 Å². The third kappa shape index (κ3) is 3.88. The largest absolute Gasteiger partial charge is 0.488 e. The number of ether oxygens (including phenoxy) is 2. The summed E-state index contributed by atoms with van der Waals surface area (Å²) < 4.78 is 10.9. The smallest absolute Gasteiger partial charge is 0.328 e. The predicted octanol–water partition coefficient (Wildman–Crippen LogP) is 2.98. The van der Waals surface area contributed by atoms with Crippen molar-refractivity contribution in [2.75, 3.05) is 5.32 Å². The lowest BCUT2D eigenvalue weighted by Gasteiger charge is -2.21. The summed E-state index contributed by atoms with van der Waals surface area (Å²) in [6, 6.07) is 7.38. The number of hydrogen-bond donors (Lipinski definition) is 1. The maximum absolute atomic E-state index is 11.5. The fourth-order valence-corrected chi connectivity index (χ4v) is 2.05. The van der Waals surface area contributed by atoms with Gasteiger partial charge in [-0.15, -0.1) is 0 Å². The number of hydrogen-bond acceptors (Lipinski definition) is 4. The Bertz CT molecular complexity index is 447. The molecule has 1 fully saturated rings. The molecule has 0 spiro atoms. The van der Waals surface area contributed by atoms with Crippen LogP contribution in [0.1, 0.15) is 34.1 Å². The first-order chi connectivity index (χ1) is 8.83. The van der Waals surface area contributed by atoms with Crippen molar-refractivity contribution in [3.63, 3.8) is 0 Å². The normalized spacial score (nSPS) is 23.1. The maximum atomic E-state index is 11.5. The van der Waals surface area contributed by atoms with Crippen LogP contribution in [-0.4, -0.2) is 23.7 Å². The monoisotopic (exact) mass is 263 g/mol. The average Bonchev–Trinajstić information content (AvgIpc) is 2.58. The first-order valence-corrected chi connectivity index (χ1v) is 6.59. The molecular formula is C15H21NO3. The van der Waals surface area contributed by atoms with Gasteiger partial charge in [0, 0.05) is 12.1 Å². The zero-order valence-corrected chi connectivity index (χ0v) is 11.9. The average molecular weight is 263 g/mol. The van der Waals surface area contributed by atoms with Crippen molar-refractivity contribution in [1.82, 2.24) is 0 Å². The van der Waals surface area contributed by atoms with Crippen molar-refractivity contribution in [2.45, 2.75) is 51.9 Å². The van der Waals surface area contributed by atoms with E-state index in [4.69, 9.17) is 9.47 Å². The molecule has 1 aromatic rings. The minimum atomic E-state index is -0.246. The molecule has 1 heterocycles. The maximum Gasteiger partial charge on any atom is 0.328 e. The van der Waals surface area contributed by atoms with Gasteiger partial charge in [-0.25, -0.2) is 4.79 Å². The van der Waals surface area contributed by atoms with E-state index in [0.29, 0.717) is 6.42 Å². The fourth-order valence-electron chi connectivity index (χ4n) is 2.05. The minimum Gasteiger partial charge on any atom is -0.488 e. The number of benzene rings is 1. The fraction of sp³-hybridized carbons (Fsp3) is 0.533. The van der Waals surface area contributed by atoms with Gasteiger partial charge < -0.3 is 14.8 Å². The van der Waals surface area contributed by atoms with Crippen LogP contribution in [0.3, 0.4) is 0 Å². The molecule has 2 rings (SSSR count). The van der Waals surface area contributed by atoms with Crippen LogP contribution in [0, 0.1) is 0 Å². The van der Waals surface area contributed by atoms with Crippen LogP contribution in [0.4, 0.5) is 5.69 Å². The van der Waals surface area contributed by atoms with E-state index in [1.54, 1.807) is 0 Å². The standard InChI is InChI=1S/C15H21NO3/c1-10-9-13(14(17)18-10)16-11-5-7-12(8-6-11)19-15(2,3)4/h5-8,10,13,16H,9H2,1-4H3/t10-,13-/m1/s1. The summed E-state index contributed by atoms with van der Waals surface area (Å²) in [7, 11) is 0. The van der Waals surface area contributed by atoms with Gasteiger partial charge in [0.15, 0.2) is 0 Å². The number of esters is 1. The number of rotatable bonds is 3. The lowest BCUT2D eigenvalue weighted by molar-refractivity contribution is -0.141. The molecule has 4 nitrogen and oxygen atoms in total. The van der Waals surface area contributed by atoms with Gasteiger partial charge in [0.25, 0.3) is 0 Å². The van der Waals surface area contributed by atoms with E-state index in [2.05, 4.69) is 5.32 Å². The van der Waals surface area contributed by atoms with Gasteiger partial charge in [-0.3, -0.25) is 0 Å². The first kappa shape index (κ1) is 13.7. The van der Waals surface area contributed by atoms with Crippen molar-refractivity contribution in [3.05, 3.63) is 24.3 Å². The molecule has 1 N–H and O–H groups in total. The molecule has 1 saturated heterocycles. The van der Waals surface area contributed by atoms with Gasteiger partial charge in [-0.05, 0) is 52.0 Å². The highest BCUT2D eigenvalue weighted by molar-refractivity contribution is 5.81. The van der Waals surface area contributed by atoms with E-state index < -0.39 is 0 Å². The molecule has 0 amide bonds. The Kier molecular flexibility index (Phi) is 3.69. The van der Waals surface area contributed by atoms with Crippen LogP contribution in [-0.2, 0) is 9.53 Å². The summed E-state index contributed by atoms with van der Waals surface area (Å²) in [6.45, 7) is 7.93. The van der Waals surface area contributed by atoms with Gasteiger partial charge in [0.05, 0.1) is 0 Å². The molecule has 1 aliphatic rings. The number of anilines is 1. The Morgan fingerprint density at radius 1 is 1.26 bits per heavy atom. The third-order valence-electron chi connectivity index (χ3n) is 2.79. The molecule has 0 aliphatic carbocycles. The Morgan fingerprint density at radius 2 is 1.89 bits per heavy atom. The van der Waals surface area contributed by atoms with Gasteiger partial charge in [-0.1, -0.05) is 0 Å². The molecule has 1 aliphatic heterocycles. The van der Waals surface area contributed by atoms with Crippen molar-refractivity contribution < 1.29 is 14.3 Å². The second kappa shape index (κ2) is 5.11. The number of carbonyl (C=O) groups is 1. The van der Waals surface area contributed by atoms with Crippen LogP contribution in [0.25, 0.3) is 0 Å². The number of nitrogens with one attached hydrogen (secondary N) is 1. The summed E-state index contributed by atoms with van der Waals surface area (Å²) in [6.07, 6.45) is 0.701. The lowest BCUT2D eigenvalue weighted by atomic mass is 10.1. The van der Waals surface area contributed by atoms with E-state index >= 15 is 0 Å². The topological polar surface area (TPSA) is 47.6 Å². The van der Waals surface area contributed by atoms with Crippen molar-refractivity contribution in [2.24, 2.45) is 0 Å². The van der Waals surface area contributed by atoms with Crippen LogP contribution in [0.2, 0.25) is 0 Å². The van der Waals surface area contributed by atoms with E-state index in [-0.39, 0.29) is 23.7 Å². The van der Waals surface area contributed by atoms with E-state index in [1.165, 1.54) is 0 Å². The zero-order chi connectivity index (χ0) is 14.0. The summed E-state index contributed by atoms with van der Waals surface area (Å²) >= 11 is 0. The van der Waals surface area contributed by atoms with E-state index in [9.17, 15) is 4.79 Å². The Hall–Kier alpha value is -1.71. The van der Waals surface area contributed by atoms with E-state index in [0.717, 1.165) is 11.4 Å². The molecule has 19 heavy (non-hydrogen) atoms. The first-order valence-electron chi connectivity index (χ1n) is 6.59. The quantitative estimate of drug-likeness (QED) is 0.852. The van der Waals surface area contributed by atoms with Crippen LogP contribution in [0.5, 0.6) is 5.75 Å². The number of carbonyl (C=O) groups excluding carboxylic acids is 1. The molecule has 0 unspecified atom stereocenters. The SMILES string of the molecule is C[C@@H]1C[C@@H](Nc2ccc(OC(C)(C)C)cc2)C(=O)O1. The highest BCUT2D eigenvalue weighted by Crippen LogP contribution is 2.23. The zero-order valence-electron chi connectivity index (χ0n) is 11.9. The molecule has 1 aromatic carbocycles. The summed E-state index contributed by atoms with van der Waals surface area (Å²) in [5.74, 6) is 0.642. The molecule has 0 bridgehead atoms. The Morgan fingerprint density at radius 3 is 2.37 bits per heavy atom. The number of cyclic esters (lactones) is 1. The summed E-state index contributed by atoms with van der Waals surface area (Å²) in [5.41, 5.74) is 0.692. The molecule has 104 valence electrons. The Labute approximate surface area is 114 Å². The van der Waals surface area contributed by atoms with Crippen molar-refractivity contribution >= 4 is 11.7 Å². The second-order valence-electron chi connectivity index (χ2n) is 5.92. The van der Waals surface area contributed by atoms with Crippen molar-refractivity contribution in [3.8, 4) is 5.75 Å². The molecule has 0 saturated carbocycles. The highest BCUT2D eigenvalue weighted by Gasteiger charge is 2.31. The molecule has 4 heteroatoms. The third-order valence-corrected chi connectivity index (χ3v) is 2.79. The molecule has 2 atom stereocenters. The summed E-state index contributed by atoms with van der Waals surface area (Å²) in [5, 5.41) is 3.18. The van der Waals surface area contributed by atoms with Gasteiger partial charge in [-0.2, -0.15) is 0 Å². The van der Waals surface area contributed by atoms with Gasteiger partial charge >= 0.3 is 5.97 Å². The summed E-state index contributed by atoms with van der Waals surface area (Å²) in [4.78, 5) is 11.5. The Balaban J connectivity index is 1.97. The molecular weight excluding hydrogens is 242 g/mol. The van der Waals surface area contributed by atoms with Gasteiger partial charge in [0.1, 0.15) is 23.5 Å². The minimum absolute atomic E-state index is 0.00602. The molecule has 0 aromatic heterocycles. The lowest BCUT2D eigenvalue weighted by Crippen LogP contribution is -2.24. The van der Waals surface area contributed by atoms with Crippen LogP contribution in [0.15, 0.2) is 24.3 Å². The second-order valence-corrected chi connectivity index (χ2v) is 5.92.